The predicted octanol–water partition coefficient (Wildman–Crippen LogP) is 3.10. The zero-order chi connectivity index (χ0) is 13.5. The van der Waals surface area contributed by atoms with Crippen molar-refractivity contribution in [2.75, 3.05) is 11.9 Å². The van der Waals surface area contributed by atoms with Crippen LogP contribution in [0.3, 0.4) is 0 Å². The molecule has 1 aliphatic heterocycles. The maximum Gasteiger partial charge on any atom is 0.191 e. The highest BCUT2D eigenvalue weighted by Crippen LogP contribution is 2.35. The highest BCUT2D eigenvalue weighted by Gasteiger charge is 2.27. The van der Waals surface area contributed by atoms with Gasteiger partial charge < -0.3 is 5.32 Å². The van der Waals surface area contributed by atoms with Gasteiger partial charge in [0, 0.05) is 19.3 Å². The van der Waals surface area contributed by atoms with Crippen molar-refractivity contribution in [2.24, 2.45) is 7.05 Å². The minimum Gasteiger partial charge on any atom is -0.384 e. The Morgan fingerprint density at radius 2 is 2.15 bits per heavy atom. The van der Waals surface area contributed by atoms with E-state index in [2.05, 4.69) is 46.1 Å². The monoisotopic (exact) mass is 282 g/mol. The standard InChI is InChI=1S/C15H14N4S/c1-19-15(17-14(18-19)13-7-4-8-20-13)11-9-16-12-6-3-2-5-10(11)12/h2-8,11,16H,9H2,1H3. The van der Waals surface area contributed by atoms with Crippen molar-refractivity contribution in [1.29, 1.82) is 0 Å². The summed E-state index contributed by atoms with van der Waals surface area (Å²) in [5, 5.41) is 10.1. The van der Waals surface area contributed by atoms with Gasteiger partial charge in [-0.3, -0.25) is 4.68 Å². The van der Waals surface area contributed by atoms with Crippen LogP contribution >= 0.6 is 11.3 Å². The fourth-order valence-electron chi connectivity index (χ4n) is 2.72. The Hall–Kier alpha value is -2.14. The topological polar surface area (TPSA) is 42.7 Å². The minimum absolute atomic E-state index is 0.275. The summed E-state index contributed by atoms with van der Waals surface area (Å²) in [6, 6.07) is 12.5. The van der Waals surface area contributed by atoms with E-state index in [1.54, 1.807) is 11.3 Å². The zero-order valence-electron chi connectivity index (χ0n) is 11.1. The van der Waals surface area contributed by atoms with Crippen LogP contribution < -0.4 is 5.32 Å². The fourth-order valence-corrected chi connectivity index (χ4v) is 3.38. The molecule has 0 bridgehead atoms. The molecule has 0 aliphatic carbocycles. The number of benzene rings is 1. The van der Waals surface area contributed by atoms with Crippen LogP contribution in [0, 0.1) is 0 Å². The quantitative estimate of drug-likeness (QED) is 0.785. The Morgan fingerprint density at radius 1 is 1.25 bits per heavy atom. The molecule has 100 valence electrons. The molecule has 0 amide bonds. The number of nitrogens with zero attached hydrogens (tertiary/aromatic N) is 3. The highest BCUT2D eigenvalue weighted by atomic mass is 32.1. The lowest BCUT2D eigenvalue weighted by Crippen LogP contribution is -2.10. The van der Waals surface area contributed by atoms with Gasteiger partial charge in [0.05, 0.1) is 10.8 Å². The number of anilines is 1. The summed E-state index contributed by atoms with van der Waals surface area (Å²) in [7, 11) is 1.97. The molecule has 1 atom stereocenters. The summed E-state index contributed by atoms with van der Waals surface area (Å²) in [6.07, 6.45) is 0. The Labute approximate surface area is 121 Å². The molecule has 4 nitrogen and oxygen atoms in total. The molecular weight excluding hydrogens is 268 g/mol. The van der Waals surface area contributed by atoms with E-state index in [4.69, 9.17) is 4.98 Å². The third-order valence-corrected chi connectivity index (χ3v) is 4.55. The summed E-state index contributed by atoms with van der Waals surface area (Å²) in [4.78, 5) is 5.87. The van der Waals surface area contributed by atoms with Crippen LogP contribution in [0.25, 0.3) is 10.7 Å². The van der Waals surface area contributed by atoms with Crippen molar-refractivity contribution in [2.45, 2.75) is 5.92 Å². The van der Waals surface area contributed by atoms with E-state index in [0.717, 1.165) is 23.1 Å². The van der Waals surface area contributed by atoms with E-state index >= 15 is 0 Å². The number of fused-ring (bicyclic) bond motifs is 1. The van der Waals surface area contributed by atoms with Gasteiger partial charge in [0.1, 0.15) is 5.82 Å². The molecule has 0 saturated carbocycles. The average molecular weight is 282 g/mol. The SMILES string of the molecule is Cn1nc(-c2cccs2)nc1C1CNc2ccccc21. The molecule has 0 spiro atoms. The van der Waals surface area contributed by atoms with E-state index in [0.29, 0.717) is 0 Å². The Bertz CT molecular complexity index is 745. The third kappa shape index (κ3) is 1.74. The smallest absolute Gasteiger partial charge is 0.191 e. The Balaban J connectivity index is 1.77. The molecule has 3 aromatic rings. The largest absolute Gasteiger partial charge is 0.384 e. The molecule has 5 heteroatoms. The van der Waals surface area contributed by atoms with E-state index in [-0.39, 0.29) is 5.92 Å². The molecule has 1 aliphatic rings. The number of aryl methyl sites for hydroxylation is 1. The van der Waals surface area contributed by atoms with Crippen molar-refractivity contribution < 1.29 is 0 Å². The summed E-state index contributed by atoms with van der Waals surface area (Å²) >= 11 is 1.67. The van der Waals surface area contributed by atoms with Gasteiger partial charge >= 0.3 is 0 Å². The number of hydrogen-bond donors (Lipinski definition) is 1. The second kappa shape index (κ2) is 4.45. The molecule has 1 N–H and O–H groups in total. The first-order valence-electron chi connectivity index (χ1n) is 6.60. The second-order valence-electron chi connectivity index (χ2n) is 4.92. The summed E-state index contributed by atoms with van der Waals surface area (Å²) in [5.74, 6) is 2.12. The first kappa shape index (κ1) is 11.7. The van der Waals surface area contributed by atoms with Gasteiger partial charge in [-0.25, -0.2) is 4.98 Å². The normalized spacial score (nSPS) is 16.9. The Kier molecular flexibility index (Phi) is 2.60. The number of nitrogens with one attached hydrogen (secondary N) is 1. The van der Waals surface area contributed by atoms with Crippen LogP contribution in [0.4, 0.5) is 5.69 Å². The zero-order valence-corrected chi connectivity index (χ0v) is 11.9. The van der Waals surface area contributed by atoms with Crippen molar-refractivity contribution in [3.63, 3.8) is 0 Å². The van der Waals surface area contributed by atoms with Gasteiger partial charge in [-0.15, -0.1) is 11.3 Å². The second-order valence-corrected chi connectivity index (χ2v) is 5.86. The maximum atomic E-state index is 4.76. The molecule has 1 unspecified atom stereocenters. The lowest BCUT2D eigenvalue weighted by Gasteiger charge is -2.08. The lowest BCUT2D eigenvalue weighted by atomic mass is 10.0. The Morgan fingerprint density at radius 3 is 3.00 bits per heavy atom. The number of aromatic nitrogens is 3. The fraction of sp³-hybridized carbons (Fsp3) is 0.200. The summed E-state index contributed by atoms with van der Waals surface area (Å²) in [6.45, 7) is 0.885. The molecule has 20 heavy (non-hydrogen) atoms. The molecule has 0 radical (unpaired) electrons. The van der Waals surface area contributed by atoms with Gasteiger partial charge in [-0.2, -0.15) is 5.10 Å². The number of hydrogen-bond acceptors (Lipinski definition) is 4. The molecule has 1 aromatic carbocycles. The van der Waals surface area contributed by atoms with Crippen LogP contribution in [0.1, 0.15) is 17.3 Å². The minimum atomic E-state index is 0.275. The van der Waals surface area contributed by atoms with E-state index in [1.165, 1.54) is 11.3 Å². The first-order valence-corrected chi connectivity index (χ1v) is 7.48. The van der Waals surface area contributed by atoms with E-state index in [9.17, 15) is 0 Å². The molecule has 3 heterocycles. The molecule has 4 rings (SSSR count). The third-order valence-electron chi connectivity index (χ3n) is 3.68. The molecule has 0 saturated heterocycles. The van der Waals surface area contributed by atoms with Crippen LogP contribution in [-0.2, 0) is 7.05 Å². The first-order chi connectivity index (χ1) is 9.83. The predicted molar refractivity (Wildman–Crippen MR) is 81.1 cm³/mol. The molecule has 2 aromatic heterocycles. The molecular formula is C15H14N4S. The summed E-state index contributed by atoms with van der Waals surface area (Å²) in [5.41, 5.74) is 2.51. The van der Waals surface area contributed by atoms with Crippen molar-refractivity contribution >= 4 is 17.0 Å². The lowest BCUT2D eigenvalue weighted by molar-refractivity contribution is 0.671. The number of para-hydroxylation sites is 1. The van der Waals surface area contributed by atoms with Gasteiger partial charge in [0.25, 0.3) is 0 Å². The summed E-state index contributed by atoms with van der Waals surface area (Å²) < 4.78 is 1.91. The average Bonchev–Trinajstić information content (AvgIpc) is 3.16. The van der Waals surface area contributed by atoms with Gasteiger partial charge in [0.15, 0.2) is 5.82 Å². The maximum absolute atomic E-state index is 4.76. The van der Waals surface area contributed by atoms with Gasteiger partial charge in [-0.05, 0) is 23.1 Å². The van der Waals surface area contributed by atoms with Crippen LogP contribution in [-0.4, -0.2) is 21.3 Å². The van der Waals surface area contributed by atoms with Crippen LogP contribution in [0.2, 0.25) is 0 Å². The van der Waals surface area contributed by atoms with Gasteiger partial charge in [-0.1, -0.05) is 24.3 Å². The number of rotatable bonds is 2. The van der Waals surface area contributed by atoms with Crippen molar-refractivity contribution in [1.82, 2.24) is 14.8 Å². The van der Waals surface area contributed by atoms with E-state index < -0.39 is 0 Å². The van der Waals surface area contributed by atoms with Crippen molar-refractivity contribution in [3.05, 3.63) is 53.2 Å². The van der Waals surface area contributed by atoms with Crippen molar-refractivity contribution in [3.8, 4) is 10.7 Å². The molecule has 0 fully saturated rings. The van der Waals surface area contributed by atoms with Crippen LogP contribution in [0.15, 0.2) is 41.8 Å². The van der Waals surface area contributed by atoms with Crippen LogP contribution in [0.5, 0.6) is 0 Å². The van der Waals surface area contributed by atoms with Gasteiger partial charge in [0.2, 0.25) is 0 Å². The van der Waals surface area contributed by atoms with E-state index in [1.807, 2.05) is 17.8 Å². The number of thiophene rings is 1. The highest BCUT2D eigenvalue weighted by molar-refractivity contribution is 7.13.